The third-order valence-electron chi connectivity index (χ3n) is 1.33. The Labute approximate surface area is 68.4 Å². The average Bonchev–Trinajstić information content (AvgIpc) is 2.33. The fourth-order valence-electron chi connectivity index (χ4n) is 0.873. The molecule has 1 aliphatic heterocycles. The summed E-state index contributed by atoms with van der Waals surface area (Å²) in [5.41, 5.74) is 1.22. The largest absolute Gasteiger partial charge is 0.123 e. The molecular formula is C8H4ClS. The first kappa shape index (κ1) is 6.20. The second-order valence-electron chi connectivity index (χ2n) is 2.00. The maximum atomic E-state index is 5.77. The summed E-state index contributed by atoms with van der Waals surface area (Å²) in [4.78, 5) is 1.13. The van der Waals surface area contributed by atoms with Crippen LogP contribution in [0.15, 0.2) is 24.3 Å². The lowest BCUT2D eigenvalue weighted by Gasteiger charge is -1.94. The van der Waals surface area contributed by atoms with Gasteiger partial charge in [-0.05, 0) is 11.6 Å². The Morgan fingerprint density at radius 1 is 1.30 bits per heavy atom. The molecule has 0 N–H and O–H groups in total. The highest BCUT2D eigenvalue weighted by Gasteiger charge is 2.01. The molecule has 2 aliphatic rings. The number of hydrogen-bond acceptors (Lipinski definition) is 1. The molecule has 0 saturated heterocycles. The van der Waals surface area contributed by atoms with Crippen LogP contribution in [0.5, 0.6) is 0 Å². The van der Waals surface area contributed by atoms with Crippen molar-refractivity contribution >= 4 is 22.9 Å². The van der Waals surface area contributed by atoms with Crippen LogP contribution in [0.3, 0.4) is 0 Å². The van der Waals surface area contributed by atoms with Crippen LogP contribution in [0.1, 0.15) is 0 Å². The van der Waals surface area contributed by atoms with Crippen LogP contribution >= 0.6 is 22.9 Å². The maximum absolute atomic E-state index is 5.77. The highest BCUT2D eigenvalue weighted by atomic mass is 35.5. The van der Waals surface area contributed by atoms with E-state index in [9.17, 15) is 0 Å². The maximum Gasteiger partial charge on any atom is 0.0934 e. The van der Waals surface area contributed by atoms with E-state index in [1.54, 1.807) is 11.3 Å². The molecule has 0 amide bonds. The molecule has 0 aromatic heterocycles. The van der Waals surface area contributed by atoms with Gasteiger partial charge in [0.2, 0.25) is 0 Å². The van der Waals surface area contributed by atoms with Gasteiger partial charge >= 0.3 is 0 Å². The highest BCUT2D eigenvalue weighted by Crippen LogP contribution is 2.31. The third-order valence-corrected chi connectivity index (χ3v) is 2.58. The summed E-state index contributed by atoms with van der Waals surface area (Å²) in [5, 5.41) is 0. The first-order valence-corrected chi connectivity index (χ1v) is 4.11. The third kappa shape index (κ3) is 0.917. The Morgan fingerprint density at radius 3 is 3.10 bits per heavy atom. The van der Waals surface area contributed by atoms with Crippen molar-refractivity contribution in [3.05, 3.63) is 34.7 Å². The number of hydrogen-bond donors (Lipinski definition) is 0. The van der Waals surface area contributed by atoms with Gasteiger partial charge in [-0.2, -0.15) is 0 Å². The first-order chi connectivity index (χ1) is 4.86. The summed E-state index contributed by atoms with van der Waals surface area (Å²) in [5.74, 6) is 0. The Hall–Kier alpha value is -0.530. The fraction of sp³-hybridized carbons (Fsp3) is 0. The SMILES string of the molecule is Clc1ccc2cc[c]c-2s1. The smallest absolute Gasteiger partial charge is 0.0934 e. The molecule has 2 rings (SSSR count). The molecule has 0 atom stereocenters. The summed E-state index contributed by atoms with van der Waals surface area (Å²) >= 11 is 7.33. The monoisotopic (exact) mass is 167 g/mol. The zero-order chi connectivity index (χ0) is 6.97. The number of fused-ring (bicyclic) bond motifs is 1. The molecule has 0 unspecified atom stereocenters. The van der Waals surface area contributed by atoms with Gasteiger partial charge in [0.1, 0.15) is 0 Å². The molecule has 0 nitrogen and oxygen atoms in total. The van der Waals surface area contributed by atoms with E-state index in [0.29, 0.717) is 0 Å². The molecule has 1 aliphatic carbocycles. The normalized spacial score (nSPS) is 10.5. The molecule has 0 spiro atoms. The second-order valence-corrected chi connectivity index (χ2v) is 3.69. The molecule has 49 valence electrons. The van der Waals surface area contributed by atoms with Gasteiger partial charge in [-0.15, -0.1) is 11.3 Å². The van der Waals surface area contributed by atoms with Crippen molar-refractivity contribution in [2.75, 3.05) is 0 Å². The van der Waals surface area contributed by atoms with Crippen LogP contribution in [0.25, 0.3) is 10.4 Å². The summed E-state index contributed by atoms with van der Waals surface area (Å²) in [6.45, 7) is 0. The highest BCUT2D eigenvalue weighted by molar-refractivity contribution is 7.19. The van der Waals surface area contributed by atoms with Crippen molar-refractivity contribution in [2.45, 2.75) is 0 Å². The Morgan fingerprint density at radius 2 is 2.20 bits per heavy atom. The van der Waals surface area contributed by atoms with E-state index in [4.69, 9.17) is 11.6 Å². The standard InChI is InChI=1S/C8H4ClS/c9-8-5-4-6-2-1-3-7(6)10-8/h1-2,4-5H. The lowest BCUT2D eigenvalue weighted by Crippen LogP contribution is -1.65. The molecule has 0 saturated carbocycles. The van der Waals surface area contributed by atoms with Crippen LogP contribution in [-0.2, 0) is 0 Å². The summed E-state index contributed by atoms with van der Waals surface area (Å²) < 4.78 is 0.815. The molecule has 1 radical (unpaired) electrons. The summed E-state index contributed by atoms with van der Waals surface area (Å²) in [7, 11) is 0. The van der Waals surface area contributed by atoms with E-state index >= 15 is 0 Å². The Balaban J connectivity index is 2.75. The molecular weight excluding hydrogens is 164 g/mol. The molecule has 10 heavy (non-hydrogen) atoms. The minimum absolute atomic E-state index is 0.815. The van der Waals surface area contributed by atoms with Crippen molar-refractivity contribution in [1.29, 1.82) is 0 Å². The van der Waals surface area contributed by atoms with E-state index in [2.05, 4.69) is 6.07 Å². The van der Waals surface area contributed by atoms with Crippen LogP contribution in [0, 0.1) is 6.07 Å². The minimum Gasteiger partial charge on any atom is -0.123 e. The van der Waals surface area contributed by atoms with Gasteiger partial charge in [0.15, 0.2) is 0 Å². The Kier molecular flexibility index (Phi) is 1.40. The van der Waals surface area contributed by atoms with Gasteiger partial charge in [-0.3, -0.25) is 0 Å². The van der Waals surface area contributed by atoms with Gasteiger partial charge in [0, 0.05) is 10.9 Å². The lowest BCUT2D eigenvalue weighted by atomic mass is 10.3. The van der Waals surface area contributed by atoms with E-state index in [1.165, 1.54) is 5.56 Å². The number of rotatable bonds is 0. The van der Waals surface area contributed by atoms with Crippen molar-refractivity contribution in [3.63, 3.8) is 0 Å². The van der Waals surface area contributed by atoms with E-state index in [-0.39, 0.29) is 0 Å². The van der Waals surface area contributed by atoms with Crippen LogP contribution in [-0.4, -0.2) is 0 Å². The predicted molar refractivity (Wildman–Crippen MR) is 44.8 cm³/mol. The van der Waals surface area contributed by atoms with E-state index in [1.807, 2.05) is 24.3 Å². The molecule has 0 aromatic rings. The molecule has 0 aromatic carbocycles. The lowest BCUT2D eigenvalue weighted by molar-refractivity contribution is 1.85. The van der Waals surface area contributed by atoms with Gasteiger partial charge in [-0.25, -0.2) is 0 Å². The van der Waals surface area contributed by atoms with Crippen molar-refractivity contribution in [3.8, 4) is 10.4 Å². The Bertz CT molecular complexity index is 313. The van der Waals surface area contributed by atoms with Gasteiger partial charge < -0.3 is 0 Å². The van der Waals surface area contributed by atoms with E-state index < -0.39 is 0 Å². The fourth-order valence-corrected chi connectivity index (χ4v) is 1.88. The molecule has 1 heterocycles. The molecule has 0 bridgehead atoms. The van der Waals surface area contributed by atoms with Gasteiger partial charge in [0.05, 0.1) is 4.34 Å². The van der Waals surface area contributed by atoms with E-state index in [0.717, 1.165) is 9.21 Å². The zero-order valence-corrected chi connectivity index (χ0v) is 6.67. The average molecular weight is 168 g/mol. The number of halogens is 1. The van der Waals surface area contributed by atoms with Gasteiger partial charge in [0.25, 0.3) is 0 Å². The topological polar surface area (TPSA) is 0 Å². The van der Waals surface area contributed by atoms with Crippen molar-refractivity contribution in [1.82, 2.24) is 0 Å². The first-order valence-electron chi connectivity index (χ1n) is 2.92. The van der Waals surface area contributed by atoms with Crippen LogP contribution < -0.4 is 0 Å². The summed E-state index contributed by atoms with van der Waals surface area (Å²) in [6.07, 6.45) is 0. The predicted octanol–water partition coefficient (Wildman–Crippen LogP) is 3.31. The van der Waals surface area contributed by atoms with Crippen LogP contribution in [0.2, 0.25) is 4.34 Å². The second kappa shape index (κ2) is 2.26. The quantitative estimate of drug-likeness (QED) is 0.565. The van der Waals surface area contributed by atoms with Crippen molar-refractivity contribution < 1.29 is 0 Å². The molecule has 2 heteroatoms. The summed E-state index contributed by atoms with van der Waals surface area (Å²) in [6, 6.07) is 10.9. The van der Waals surface area contributed by atoms with Gasteiger partial charge in [-0.1, -0.05) is 29.8 Å². The van der Waals surface area contributed by atoms with Crippen molar-refractivity contribution in [2.24, 2.45) is 0 Å². The van der Waals surface area contributed by atoms with Crippen LogP contribution in [0.4, 0.5) is 0 Å². The molecule has 0 fully saturated rings. The minimum atomic E-state index is 0.815. The zero-order valence-electron chi connectivity index (χ0n) is 5.10.